The predicted octanol–water partition coefficient (Wildman–Crippen LogP) is 11.9. The number of para-hydroxylation sites is 1. The molecular formula is C50H39N5. The van der Waals surface area contributed by atoms with Crippen LogP contribution in [0.5, 0.6) is 0 Å². The quantitative estimate of drug-likeness (QED) is 0.183. The molecule has 0 amide bonds. The Hall–Kier alpha value is -6.46. The Morgan fingerprint density at radius 1 is 0.582 bits per heavy atom. The number of hydrogen-bond acceptors (Lipinski definition) is 4. The van der Waals surface area contributed by atoms with Gasteiger partial charge in [0.25, 0.3) is 0 Å². The third-order valence-electron chi connectivity index (χ3n) is 12.4. The molecule has 3 heterocycles. The van der Waals surface area contributed by atoms with E-state index in [9.17, 15) is 0 Å². The van der Waals surface area contributed by atoms with E-state index in [-0.39, 0.29) is 16.7 Å². The van der Waals surface area contributed by atoms with E-state index in [1.807, 2.05) is 12.3 Å². The van der Waals surface area contributed by atoms with Gasteiger partial charge in [0, 0.05) is 50.5 Å². The molecule has 0 N–H and O–H groups in total. The number of hydrogen-bond donors (Lipinski definition) is 0. The van der Waals surface area contributed by atoms with Crippen molar-refractivity contribution in [3.8, 4) is 50.7 Å². The number of rotatable bonds is 4. The highest BCUT2D eigenvalue weighted by Gasteiger charge is 2.39. The Morgan fingerprint density at radius 3 is 2.20 bits per heavy atom. The molecule has 5 aromatic carbocycles. The number of aromatic nitrogens is 5. The summed E-state index contributed by atoms with van der Waals surface area (Å²) in [6.45, 7) is 9.32. The van der Waals surface area contributed by atoms with Gasteiger partial charge in [-0.05, 0) is 87.3 Å². The van der Waals surface area contributed by atoms with Crippen LogP contribution in [0.25, 0.3) is 72.7 Å². The molecule has 264 valence electrons. The highest BCUT2D eigenvalue weighted by molar-refractivity contribution is 6.08. The normalized spacial score (nSPS) is 17.0. The Balaban J connectivity index is 1.07. The lowest BCUT2D eigenvalue weighted by molar-refractivity contribution is 0.659. The van der Waals surface area contributed by atoms with Gasteiger partial charge in [0.05, 0.1) is 5.52 Å². The summed E-state index contributed by atoms with van der Waals surface area (Å²) >= 11 is 0. The summed E-state index contributed by atoms with van der Waals surface area (Å²) in [6, 6.07) is 41.8. The summed E-state index contributed by atoms with van der Waals surface area (Å²) in [5, 5.41) is 2.36. The summed E-state index contributed by atoms with van der Waals surface area (Å²) in [5.41, 5.74) is 15.1. The highest BCUT2D eigenvalue weighted by atomic mass is 15.1. The maximum Gasteiger partial charge on any atom is 0.164 e. The Kier molecular flexibility index (Phi) is 6.71. The highest BCUT2D eigenvalue weighted by Crippen LogP contribution is 2.53. The summed E-state index contributed by atoms with van der Waals surface area (Å²) < 4.78 is 2.30. The number of nitrogens with zero attached hydrogens (tertiary/aromatic N) is 5. The smallest absolute Gasteiger partial charge is 0.164 e. The number of pyridine rings is 1. The van der Waals surface area contributed by atoms with Gasteiger partial charge < -0.3 is 0 Å². The van der Waals surface area contributed by atoms with Gasteiger partial charge in [-0.3, -0.25) is 4.57 Å². The average molecular weight is 710 g/mol. The second-order valence-electron chi connectivity index (χ2n) is 16.2. The SMILES string of the molecule is CC1(C)c2ccccc2-c2ccc(-c3nc(-c4cccc5c4C(C)(C)c4cc(-n6c7ccccc7c7cccnc76)ccc4-5)nc(C4C=CC=CC4)n3)cc21. The van der Waals surface area contributed by atoms with Crippen LogP contribution in [-0.4, -0.2) is 24.5 Å². The van der Waals surface area contributed by atoms with E-state index in [1.54, 1.807) is 0 Å². The van der Waals surface area contributed by atoms with Gasteiger partial charge in [0.15, 0.2) is 11.6 Å². The van der Waals surface area contributed by atoms with Crippen LogP contribution in [0.3, 0.4) is 0 Å². The van der Waals surface area contributed by atoms with Gasteiger partial charge in [-0.2, -0.15) is 0 Å². The molecular weight excluding hydrogens is 671 g/mol. The van der Waals surface area contributed by atoms with E-state index in [0.29, 0.717) is 5.82 Å². The van der Waals surface area contributed by atoms with E-state index < -0.39 is 0 Å². The lowest BCUT2D eigenvalue weighted by Crippen LogP contribution is -2.18. The van der Waals surface area contributed by atoms with Crippen LogP contribution in [0.15, 0.2) is 146 Å². The number of benzene rings is 5. The standard InChI is InChI=1S/C50H39N5/c1-49(2)40-21-10-8-16-33(40)34-25-23-31(28-41(34)49)46-52-45(30-14-6-5-7-15-30)53-47(54-46)39-19-12-18-37-35-26-24-32(29-42(35)50(3,4)44(37)39)55-43-22-11-9-17-36(43)38-20-13-27-51-48(38)55/h5-14,16-30H,15H2,1-4H3. The molecule has 3 aliphatic carbocycles. The minimum atomic E-state index is -0.326. The molecule has 5 nitrogen and oxygen atoms in total. The van der Waals surface area contributed by atoms with Gasteiger partial charge in [-0.15, -0.1) is 0 Å². The lowest BCUT2D eigenvalue weighted by Gasteiger charge is -2.25. The largest absolute Gasteiger partial charge is 0.294 e. The van der Waals surface area contributed by atoms with Crippen LogP contribution >= 0.6 is 0 Å². The van der Waals surface area contributed by atoms with E-state index in [0.717, 1.165) is 51.4 Å². The summed E-state index contributed by atoms with van der Waals surface area (Å²) in [6.07, 6.45) is 11.4. The number of fused-ring (bicyclic) bond motifs is 9. The van der Waals surface area contributed by atoms with Gasteiger partial charge in [-0.25, -0.2) is 19.9 Å². The third-order valence-corrected chi connectivity index (χ3v) is 12.4. The maximum atomic E-state index is 5.35. The zero-order valence-electron chi connectivity index (χ0n) is 31.4. The van der Waals surface area contributed by atoms with Crippen LogP contribution in [0, 0.1) is 0 Å². The van der Waals surface area contributed by atoms with Gasteiger partial charge in [0.2, 0.25) is 0 Å². The van der Waals surface area contributed by atoms with E-state index in [1.165, 1.54) is 49.9 Å². The summed E-state index contributed by atoms with van der Waals surface area (Å²) in [4.78, 5) is 20.7. The molecule has 0 radical (unpaired) electrons. The first-order valence-corrected chi connectivity index (χ1v) is 19.3. The predicted molar refractivity (Wildman–Crippen MR) is 224 cm³/mol. The first-order valence-electron chi connectivity index (χ1n) is 19.3. The summed E-state index contributed by atoms with van der Waals surface area (Å²) in [7, 11) is 0. The first kappa shape index (κ1) is 32.0. The van der Waals surface area contributed by atoms with Crippen molar-refractivity contribution in [3.63, 3.8) is 0 Å². The zero-order chi connectivity index (χ0) is 37.1. The molecule has 0 saturated heterocycles. The number of allylic oxidation sites excluding steroid dienone is 4. The van der Waals surface area contributed by atoms with Crippen LogP contribution in [0.1, 0.15) is 68.1 Å². The molecule has 0 bridgehead atoms. The van der Waals surface area contributed by atoms with Crippen molar-refractivity contribution < 1.29 is 0 Å². The molecule has 11 rings (SSSR count). The molecule has 0 fully saturated rings. The molecule has 1 unspecified atom stereocenters. The maximum absolute atomic E-state index is 5.35. The fraction of sp³-hybridized carbons (Fsp3) is 0.160. The second kappa shape index (κ2) is 11.5. The molecule has 3 aromatic heterocycles. The van der Waals surface area contributed by atoms with Crippen molar-refractivity contribution in [1.82, 2.24) is 24.5 Å². The van der Waals surface area contributed by atoms with Gasteiger partial charge >= 0.3 is 0 Å². The third kappa shape index (κ3) is 4.59. The van der Waals surface area contributed by atoms with Crippen LogP contribution in [-0.2, 0) is 10.8 Å². The summed E-state index contributed by atoms with van der Waals surface area (Å²) in [5.74, 6) is 2.31. The zero-order valence-corrected chi connectivity index (χ0v) is 31.4. The fourth-order valence-corrected chi connectivity index (χ4v) is 9.67. The van der Waals surface area contributed by atoms with Gasteiger partial charge in [-0.1, -0.05) is 131 Å². The molecule has 55 heavy (non-hydrogen) atoms. The molecule has 0 aliphatic heterocycles. The minimum absolute atomic E-state index is 0.0741. The van der Waals surface area contributed by atoms with E-state index >= 15 is 0 Å². The molecule has 1 atom stereocenters. The van der Waals surface area contributed by atoms with Crippen molar-refractivity contribution in [2.45, 2.75) is 50.9 Å². The van der Waals surface area contributed by atoms with Crippen molar-refractivity contribution in [2.75, 3.05) is 0 Å². The molecule has 0 spiro atoms. The minimum Gasteiger partial charge on any atom is -0.294 e. The molecule has 3 aliphatic rings. The second-order valence-corrected chi connectivity index (χ2v) is 16.2. The Bertz CT molecular complexity index is 2920. The first-order chi connectivity index (χ1) is 26.8. The van der Waals surface area contributed by atoms with E-state index in [4.69, 9.17) is 19.9 Å². The van der Waals surface area contributed by atoms with Crippen LogP contribution in [0.2, 0.25) is 0 Å². The molecule has 5 heteroatoms. The molecule has 8 aromatic rings. The van der Waals surface area contributed by atoms with Crippen LogP contribution < -0.4 is 0 Å². The van der Waals surface area contributed by atoms with Crippen LogP contribution in [0.4, 0.5) is 0 Å². The Labute approximate surface area is 320 Å². The van der Waals surface area contributed by atoms with E-state index in [2.05, 4.69) is 166 Å². The van der Waals surface area contributed by atoms with Crippen molar-refractivity contribution in [3.05, 3.63) is 174 Å². The van der Waals surface area contributed by atoms with Crippen molar-refractivity contribution in [1.29, 1.82) is 0 Å². The topological polar surface area (TPSA) is 56.5 Å². The van der Waals surface area contributed by atoms with Crippen molar-refractivity contribution in [2.24, 2.45) is 0 Å². The lowest BCUT2D eigenvalue weighted by atomic mass is 9.80. The van der Waals surface area contributed by atoms with Gasteiger partial charge in [0.1, 0.15) is 11.5 Å². The fourth-order valence-electron chi connectivity index (χ4n) is 9.67. The molecule has 0 saturated carbocycles. The monoisotopic (exact) mass is 709 g/mol. The average Bonchev–Trinajstić information content (AvgIpc) is 3.77. The van der Waals surface area contributed by atoms with Crippen molar-refractivity contribution >= 4 is 21.9 Å². The Morgan fingerprint density at radius 2 is 1.31 bits per heavy atom.